The predicted molar refractivity (Wildman–Crippen MR) is 71.5 cm³/mol. The van der Waals surface area contributed by atoms with Crippen molar-refractivity contribution >= 4 is 17.7 Å². The van der Waals surface area contributed by atoms with E-state index in [9.17, 15) is 4.79 Å². The van der Waals surface area contributed by atoms with Crippen molar-refractivity contribution in [3.63, 3.8) is 0 Å². The van der Waals surface area contributed by atoms with Crippen molar-refractivity contribution in [2.75, 3.05) is 26.0 Å². The number of carbonyl (C=O) groups is 1. The zero-order valence-corrected chi connectivity index (χ0v) is 11.7. The molecule has 100 valence electrons. The van der Waals surface area contributed by atoms with E-state index in [1.165, 1.54) is 0 Å². The molecular formula is C13H19NO3S. The number of furan rings is 1. The molecule has 4 nitrogen and oxygen atoms in total. The van der Waals surface area contributed by atoms with Crippen LogP contribution in [0.3, 0.4) is 0 Å². The molecule has 2 heterocycles. The molecule has 1 aliphatic heterocycles. The van der Waals surface area contributed by atoms with Crippen LogP contribution in [0.25, 0.3) is 0 Å². The first kappa shape index (κ1) is 13.5. The van der Waals surface area contributed by atoms with Crippen LogP contribution in [0.15, 0.2) is 16.5 Å². The number of aryl methyl sites for hydroxylation is 1. The fraction of sp³-hybridized carbons (Fsp3) is 0.615. The molecule has 1 fully saturated rings. The maximum Gasteiger partial charge on any atom is 0.233 e. The number of rotatable bonds is 6. The summed E-state index contributed by atoms with van der Waals surface area (Å²) in [6, 6.07) is 3.98. The predicted octanol–water partition coefficient (Wildman–Crippen LogP) is 2.45. The van der Waals surface area contributed by atoms with Gasteiger partial charge in [-0.05, 0) is 18.6 Å². The van der Waals surface area contributed by atoms with Gasteiger partial charge in [0.25, 0.3) is 0 Å². The van der Waals surface area contributed by atoms with Crippen LogP contribution >= 0.6 is 11.8 Å². The normalized spacial score (nSPS) is 19.8. The van der Waals surface area contributed by atoms with Crippen LogP contribution in [0.2, 0.25) is 0 Å². The Hall–Kier alpha value is -0.940. The molecule has 1 aliphatic rings. The Kier molecular flexibility index (Phi) is 4.72. The third-order valence-corrected chi connectivity index (χ3v) is 4.21. The molecule has 0 bridgehead atoms. The van der Waals surface area contributed by atoms with E-state index in [1.54, 1.807) is 18.9 Å². The second-order valence-corrected chi connectivity index (χ2v) is 5.32. The average Bonchev–Trinajstić information content (AvgIpc) is 2.97. The van der Waals surface area contributed by atoms with Gasteiger partial charge in [-0.2, -0.15) is 0 Å². The second kappa shape index (κ2) is 6.29. The van der Waals surface area contributed by atoms with E-state index >= 15 is 0 Å². The highest BCUT2D eigenvalue weighted by Gasteiger charge is 2.34. The van der Waals surface area contributed by atoms with Crippen molar-refractivity contribution in [3.8, 4) is 0 Å². The molecule has 0 saturated carbocycles. The summed E-state index contributed by atoms with van der Waals surface area (Å²) in [4.78, 5) is 13.7. The molecule has 0 N–H and O–H groups in total. The number of thioether (sulfide) groups is 1. The average molecular weight is 269 g/mol. The van der Waals surface area contributed by atoms with Crippen molar-refractivity contribution in [2.45, 2.75) is 25.1 Å². The zero-order valence-electron chi connectivity index (χ0n) is 10.8. The summed E-state index contributed by atoms with van der Waals surface area (Å²) in [6.07, 6.45) is 1.75. The number of hydrogen-bond acceptors (Lipinski definition) is 4. The lowest BCUT2D eigenvalue weighted by molar-refractivity contribution is -0.128. The lowest BCUT2D eigenvalue weighted by atomic mass is 10.3. The monoisotopic (exact) mass is 269 g/mol. The highest BCUT2D eigenvalue weighted by molar-refractivity contribution is 8.00. The van der Waals surface area contributed by atoms with Gasteiger partial charge in [0.15, 0.2) is 0 Å². The third kappa shape index (κ3) is 2.90. The van der Waals surface area contributed by atoms with E-state index in [1.807, 2.05) is 17.0 Å². The minimum absolute atomic E-state index is 0.0367. The van der Waals surface area contributed by atoms with Crippen LogP contribution in [0.1, 0.15) is 30.2 Å². The van der Waals surface area contributed by atoms with Crippen molar-refractivity contribution in [2.24, 2.45) is 0 Å². The van der Waals surface area contributed by atoms with Gasteiger partial charge in [0, 0.05) is 26.7 Å². The molecule has 1 amide bonds. The molecule has 0 aliphatic carbocycles. The van der Waals surface area contributed by atoms with Gasteiger partial charge in [0.05, 0.1) is 5.75 Å². The Morgan fingerprint density at radius 1 is 1.56 bits per heavy atom. The molecule has 0 aromatic carbocycles. The Morgan fingerprint density at radius 2 is 2.39 bits per heavy atom. The summed E-state index contributed by atoms with van der Waals surface area (Å²) in [7, 11) is 1.68. The standard InChI is InChI=1S/C13H19NO3S/c1-3-10-5-6-11(17-10)13-14(7-4-8-16-2)12(15)9-18-13/h5-6,13H,3-4,7-9H2,1-2H3. The lowest BCUT2D eigenvalue weighted by Crippen LogP contribution is -2.29. The smallest absolute Gasteiger partial charge is 0.233 e. The van der Waals surface area contributed by atoms with Gasteiger partial charge < -0.3 is 14.1 Å². The van der Waals surface area contributed by atoms with Gasteiger partial charge in [0.1, 0.15) is 16.9 Å². The minimum atomic E-state index is 0.0367. The summed E-state index contributed by atoms with van der Waals surface area (Å²) >= 11 is 1.64. The number of nitrogens with zero attached hydrogens (tertiary/aromatic N) is 1. The first-order chi connectivity index (χ1) is 8.76. The van der Waals surface area contributed by atoms with Gasteiger partial charge in [-0.15, -0.1) is 11.8 Å². The molecule has 1 unspecified atom stereocenters. The summed E-state index contributed by atoms with van der Waals surface area (Å²) in [6.45, 7) is 3.47. The first-order valence-electron chi connectivity index (χ1n) is 6.25. The maximum absolute atomic E-state index is 11.9. The molecule has 1 saturated heterocycles. The molecular weight excluding hydrogens is 250 g/mol. The van der Waals surface area contributed by atoms with E-state index in [4.69, 9.17) is 9.15 Å². The van der Waals surface area contributed by atoms with E-state index in [0.29, 0.717) is 12.4 Å². The maximum atomic E-state index is 11.9. The SMILES string of the molecule is CCc1ccc(C2SCC(=O)N2CCCOC)o1. The fourth-order valence-corrected chi connectivity index (χ4v) is 3.19. The molecule has 1 aromatic rings. The van der Waals surface area contributed by atoms with Crippen LogP contribution in [0.5, 0.6) is 0 Å². The highest BCUT2D eigenvalue weighted by atomic mass is 32.2. The van der Waals surface area contributed by atoms with Crippen LogP contribution in [0.4, 0.5) is 0 Å². The topological polar surface area (TPSA) is 42.7 Å². The molecule has 1 aromatic heterocycles. The van der Waals surface area contributed by atoms with Crippen LogP contribution < -0.4 is 0 Å². The summed E-state index contributed by atoms with van der Waals surface area (Å²) < 4.78 is 10.8. The fourth-order valence-electron chi connectivity index (χ4n) is 2.03. The molecule has 2 rings (SSSR count). The molecule has 0 radical (unpaired) electrons. The first-order valence-corrected chi connectivity index (χ1v) is 7.29. The number of methoxy groups -OCH3 is 1. The summed E-state index contributed by atoms with van der Waals surface area (Å²) in [5.74, 6) is 2.59. The molecule has 0 spiro atoms. The van der Waals surface area contributed by atoms with Crippen molar-refractivity contribution in [3.05, 3.63) is 23.7 Å². The van der Waals surface area contributed by atoms with Crippen molar-refractivity contribution in [1.82, 2.24) is 4.90 Å². The second-order valence-electron chi connectivity index (χ2n) is 4.25. The molecule has 18 heavy (non-hydrogen) atoms. The summed E-state index contributed by atoms with van der Waals surface area (Å²) in [5, 5.41) is 0.0367. The van der Waals surface area contributed by atoms with Crippen LogP contribution in [-0.4, -0.2) is 36.8 Å². The van der Waals surface area contributed by atoms with Crippen molar-refractivity contribution < 1.29 is 13.9 Å². The quantitative estimate of drug-likeness (QED) is 0.744. The minimum Gasteiger partial charge on any atom is -0.463 e. The highest BCUT2D eigenvalue weighted by Crippen LogP contribution is 2.39. The van der Waals surface area contributed by atoms with Gasteiger partial charge in [-0.1, -0.05) is 6.92 Å². The number of hydrogen-bond donors (Lipinski definition) is 0. The van der Waals surface area contributed by atoms with Gasteiger partial charge in [-0.25, -0.2) is 0 Å². The number of ether oxygens (including phenoxy) is 1. The van der Waals surface area contributed by atoms with E-state index in [-0.39, 0.29) is 11.3 Å². The number of carbonyl (C=O) groups excluding carboxylic acids is 1. The zero-order chi connectivity index (χ0) is 13.0. The number of amides is 1. The van der Waals surface area contributed by atoms with Crippen LogP contribution in [0, 0.1) is 0 Å². The van der Waals surface area contributed by atoms with Crippen molar-refractivity contribution in [1.29, 1.82) is 0 Å². The lowest BCUT2D eigenvalue weighted by Gasteiger charge is -2.22. The third-order valence-electron chi connectivity index (χ3n) is 2.99. The Bertz CT molecular complexity index is 405. The molecule has 1 atom stereocenters. The van der Waals surface area contributed by atoms with Crippen LogP contribution in [-0.2, 0) is 16.0 Å². The van der Waals surface area contributed by atoms with Gasteiger partial charge in [0.2, 0.25) is 5.91 Å². The Morgan fingerprint density at radius 3 is 3.06 bits per heavy atom. The Labute approximate surface area is 112 Å². The van der Waals surface area contributed by atoms with E-state index < -0.39 is 0 Å². The summed E-state index contributed by atoms with van der Waals surface area (Å²) in [5.41, 5.74) is 0. The van der Waals surface area contributed by atoms with E-state index in [2.05, 4.69) is 6.92 Å². The molecule has 5 heteroatoms. The van der Waals surface area contributed by atoms with Gasteiger partial charge in [-0.3, -0.25) is 4.79 Å². The van der Waals surface area contributed by atoms with Gasteiger partial charge >= 0.3 is 0 Å². The largest absolute Gasteiger partial charge is 0.463 e. The Balaban J connectivity index is 2.03. The van der Waals surface area contributed by atoms with E-state index in [0.717, 1.165) is 30.9 Å².